The van der Waals surface area contributed by atoms with Crippen LogP contribution < -0.4 is 0 Å². The first-order chi connectivity index (χ1) is 36.5. The van der Waals surface area contributed by atoms with Gasteiger partial charge in [-0.25, -0.2) is 0 Å². The van der Waals surface area contributed by atoms with Crippen LogP contribution in [0.15, 0.2) is 0 Å². The average molecular weight is 1050 g/mol. The summed E-state index contributed by atoms with van der Waals surface area (Å²) in [4.78, 5) is 38.0. The summed E-state index contributed by atoms with van der Waals surface area (Å²) in [5, 5.41) is 0. The first kappa shape index (κ1) is 72.4. The summed E-state index contributed by atoms with van der Waals surface area (Å²) in [6, 6.07) is 0. The Kier molecular flexibility index (Phi) is 62.6. The molecule has 1 atom stereocenters. The number of carbonyl (C=O) groups excluding carboxylic acids is 3. The number of rotatable bonds is 64. The van der Waals surface area contributed by atoms with Gasteiger partial charge in [0.2, 0.25) is 0 Å². The highest BCUT2D eigenvalue weighted by Crippen LogP contribution is 2.19. The summed E-state index contributed by atoms with van der Waals surface area (Å²) < 4.78 is 16.9. The summed E-state index contributed by atoms with van der Waals surface area (Å²) in [5.41, 5.74) is 0. The fourth-order valence-corrected chi connectivity index (χ4v) is 10.7. The lowest BCUT2D eigenvalue weighted by Gasteiger charge is -2.18. The van der Waals surface area contributed by atoms with Gasteiger partial charge in [-0.05, 0) is 19.3 Å². The summed E-state index contributed by atoms with van der Waals surface area (Å²) in [7, 11) is 0. The first-order valence-corrected chi connectivity index (χ1v) is 34.0. The Hall–Kier alpha value is -1.59. The van der Waals surface area contributed by atoms with Gasteiger partial charge in [0, 0.05) is 19.3 Å². The quantitative estimate of drug-likeness (QED) is 0.0343. The summed E-state index contributed by atoms with van der Waals surface area (Å²) in [6.07, 6.45) is 74.6. The molecule has 0 amide bonds. The Bertz CT molecular complexity index is 1110. The smallest absolute Gasteiger partial charge is 0.306 e. The SMILES string of the molecule is CCCCCCCCCCCCCCCCCCCCCCCCCCCCC(=O)OCC(COC(=O)CCCCCCCC)OC(=O)CCCCCCCCCCCCCCCCCCCCCCCCCC. The molecule has 0 bridgehead atoms. The molecule has 0 N–H and O–H groups in total. The van der Waals surface area contributed by atoms with Crippen LogP contribution in [0.3, 0.4) is 0 Å². The first-order valence-electron chi connectivity index (χ1n) is 34.0. The van der Waals surface area contributed by atoms with E-state index in [0.717, 1.165) is 57.8 Å². The van der Waals surface area contributed by atoms with E-state index in [1.165, 1.54) is 302 Å². The van der Waals surface area contributed by atoms with Gasteiger partial charge in [-0.2, -0.15) is 0 Å². The van der Waals surface area contributed by atoms with E-state index in [-0.39, 0.29) is 31.1 Å². The second-order valence-electron chi connectivity index (χ2n) is 23.5. The van der Waals surface area contributed by atoms with Crippen LogP contribution in [0.4, 0.5) is 0 Å². The van der Waals surface area contributed by atoms with Gasteiger partial charge in [0.05, 0.1) is 0 Å². The van der Waals surface area contributed by atoms with Gasteiger partial charge in [0.15, 0.2) is 6.10 Å². The zero-order valence-corrected chi connectivity index (χ0v) is 50.7. The van der Waals surface area contributed by atoms with Gasteiger partial charge < -0.3 is 14.2 Å². The van der Waals surface area contributed by atoms with Crippen molar-refractivity contribution in [1.82, 2.24) is 0 Å². The van der Waals surface area contributed by atoms with E-state index in [4.69, 9.17) is 14.2 Å². The Morgan fingerprint density at radius 1 is 0.216 bits per heavy atom. The van der Waals surface area contributed by atoms with Crippen LogP contribution in [0.25, 0.3) is 0 Å². The molecule has 6 nitrogen and oxygen atoms in total. The Balaban J connectivity index is 3.97. The van der Waals surface area contributed by atoms with Crippen molar-refractivity contribution in [3.8, 4) is 0 Å². The molecule has 0 radical (unpaired) electrons. The molecule has 0 aromatic carbocycles. The van der Waals surface area contributed by atoms with Gasteiger partial charge in [-0.1, -0.05) is 361 Å². The van der Waals surface area contributed by atoms with Crippen LogP contribution >= 0.6 is 0 Å². The van der Waals surface area contributed by atoms with Crippen molar-refractivity contribution < 1.29 is 28.6 Å². The summed E-state index contributed by atoms with van der Waals surface area (Å²) in [6.45, 7) is 6.67. The van der Waals surface area contributed by atoms with Crippen molar-refractivity contribution in [2.75, 3.05) is 13.2 Å². The Morgan fingerprint density at radius 3 is 0.541 bits per heavy atom. The van der Waals surface area contributed by atoms with E-state index in [1.54, 1.807) is 0 Å². The standard InChI is InChI=1S/C68H132O6/c1-4-7-10-13-16-18-20-22-24-26-28-30-32-34-35-37-38-40-42-44-46-48-50-52-55-58-61-67(70)73-64-65(63-72-66(69)60-57-54-15-12-9-6-3)74-68(71)62-59-56-53-51-49-47-45-43-41-39-36-33-31-29-27-25-23-21-19-17-14-11-8-5-2/h65H,4-64H2,1-3H3. The fourth-order valence-electron chi connectivity index (χ4n) is 10.7. The van der Waals surface area contributed by atoms with Crippen molar-refractivity contribution >= 4 is 17.9 Å². The molecule has 0 spiro atoms. The molecular formula is C68H132O6. The molecule has 0 aliphatic carbocycles. The maximum absolute atomic E-state index is 12.9. The number of ether oxygens (including phenoxy) is 3. The lowest BCUT2D eigenvalue weighted by atomic mass is 10.0. The topological polar surface area (TPSA) is 78.9 Å². The van der Waals surface area contributed by atoms with E-state index in [1.807, 2.05) is 0 Å². The third kappa shape index (κ3) is 61.3. The molecule has 0 fully saturated rings. The number of hydrogen-bond donors (Lipinski definition) is 0. The van der Waals surface area contributed by atoms with E-state index < -0.39 is 6.10 Å². The van der Waals surface area contributed by atoms with Crippen molar-refractivity contribution in [2.45, 2.75) is 406 Å². The molecule has 0 rings (SSSR count). The number of unbranched alkanes of at least 4 members (excludes halogenated alkanes) is 53. The molecule has 0 aromatic rings. The fraction of sp³-hybridized carbons (Fsp3) is 0.956. The minimum absolute atomic E-state index is 0.0617. The highest BCUT2D eigenvalue weighted by Gasteiger charge is 2.19. The molecule has 0 saturated carbocycles. The molecule has 0 saturated heterocycles. The molecule has 0 aliphatic heterocycles. The normalized spacial score (nSPS) is 11.9. The maximum atomic E-state index is 12.9. The molecule has 0 aromatic heterocycles. The van der Waals surface area contributed by atoms with Crippen LogP contribution in [0, 0.1) is 0 Å². The van der Waals surface area contributed by atoms with Crippen LogP contribution in [0.2, 0.25) is 0 Å². The van der Waals surface area contributed by atoms with Crippen LogP contribution in [-0.2, 0) is 28.6 Å². The summed E-state index contributed by atoms with van der Waals surface area (Å²) in [5.74, 6) is -0.838. The second-order valence-corrected chi connectivity index (χ2v) is 23.5. The van der Waals surface area contributed by atoms with Crippen LogP contribution in [-0.4, -0.2) is 37.2 Å². The van der Waals surface area contributed by atoms with Gasteiger partial charge in [-0.15, -0.1) is 0 Å². The highest BCUT2D eigenvalue weighted by molar-refractivity contribution is 5.71. The van der Waals surface area contributed by atoms with E-state index >= 15 is 0 Å². The molecular weight excluding hydrogens is 913 g/mol. The van der Waals surface area contributed by atoms with Gasteiger partial charge in [0.25, 0.3) is 0 Å². The third-order valence-electron chi connectivity index (χ3n) is 15.9. The lowest BCUT2D eigenvalue weighted by molar-refractivity contribution is -0.167. The molecule has 74 heavy (non-hydrogen) atoms. The van der Waals surface area contributed by atoms with Crippen molar-refractivity contribution in [3.63, 3.8) is 0 Å². The Morgan fingerprint density at radius 2 is 0.365 bits per heavy atom. The van der Waals surface area contributed by atoms with Crippen molar-refractivity contribution in [2.24, 2.45) is 0 Å². The monoisotopic (exact) mass is 1050 g/mol. The molecule has 1 unspecified atom stereocenters. The van der Waals surface area contributed by atoms with E-state index in [9.17, 15) is 14.4 Å². The molecule has 440 valence electrons. The minimum Gasteiger partial charge on any atom is -0.462 e. The molecule has 0 aliphatic rings. The third-order valence-corrected chi connectivity index (χ3v) is 15.9. The largest absolute Gasteiger partial charge is 0.462 e. The predicted molar refractivity (Wildman–Crippen MR) is 321 cm³/mol. The van der Waals surface area contributed by atoms with Gasteiger partial charge in [-0.3, -0.25) is 14.4 Å². The maximum Gasteiger partial charge on any atom is 0.306 e. The predicted octanol–water partition coefficient (Wildman–Crippen LogP) is 23.1. The van der Waals surface area contributed by atoms with Crippen LogP contribution in [0.5, 0.6) is 0 Å². The highest BCUT2D eigenvalue weighted by atomic mass is 16.6. The number of esters is 3. The van der Waals surface area contributed by atoms with Gasteiger partial charge in [0.1, 0.15) is 13.2 Å². The van der Waals surface area contributed by atoms with E-state index in [2.05, 4.69) is 20.8 Å². The molecule has 0 heterocycles. The van der Waals surface area contributed by atoms with Crippen molar-refractivity contribution in [3.05, 3.63) is 0 Å². The molecule has 6 heteroatoms. The van der Waals surface area contributed by atoms with E-state index in [0.29, 0.717) is 19.3 Å². The van der Waals surface area contributed by atoms with Gasteiger partial charge >= 0.3 is 17.9 Å². The number of carbonyl (C=O) groups is 3. The second kappa shape index (κ2) is 63.9. The lowest BCUT2D eigenvalue weighted by Crippen LogP contribution is -2.30. The zero-order chi connectivity index (χ0) is 53.6. The zero-order valence-electron chi connectivity index (χ0n) is 50.7. The van der Waals surface area contributed by atoms with Crippen LogP contribution in [0.1, 0.15) is 400 Å². The minimum atomic E-state index is -0.761. The Labute approximate surface area is 463 Å². The summed E-state index contributed by atoms with van der Waals surface area (Å²) >= 11 is 0. The average Bonchev–Trinajstić information content (AvgIpc) is 3.40. The number of hydrogen-bond acceptors (Lipinski definition) is 6. The van der Waals surface area contributed by atoms with Crippen molar-refractivity contribution in [1.29, 1.82) is 0 Å².